The van der Waals surface area contributed by atoms with Crippen molar-refractivity contribution >= 4 is 123 Å². The van der Waals surface area contributed by atoms with Gasteiger partial charge >= 0.3 is 7.12 Å². The molecule has 0 aliphatic carbocycles. The van der Waals surface area contributed by atoms with E-state index in [1.54, 1.807) is 97.6 Å². The number of nitrogens with zero attached hydrogens (tertiary/aromatic N) is 9. The number of allylic oxidation sites excluding steroid dienone is 2. The average molecular weight is 1840 g/mol. The van der Waals surface area contributed by atoms with Gasteiger partial charge in [-0.1, -0.05) is 394 Å². The molecule has 0 atom stereocenters. The number of carbonyl (C=O) groups is 4. The molecular formula is C122H94BN11O7. The van der Waals surface area contributed by atoms with Crippen LogP contribution in [0.25, 0.3) is 56.3 Å². The van der Waals surface area contributed by atoms with Gasteiger partial charge in [-0.15, -0.1) is 0 Å². The smallest absolute Gasteiger partial charge is 0.519 e. The number of benzene rings is 18. The zero-order valence-electron chi connectivity index (χ0n) is 76.6. The van der Waals surface area contributed by atoms with E-state index in [4.69, 9.17) is 19.0 Å². The number of para-hydroxylation sites is 11. The van der Waals surface area contributed by atoms with Crippen molar-refractivity contribution in [3.63, 3.8) is 0 Å². The summed E-state index contributed by atoms with van der Waals surface area (Å²) in [7, 11) is -0.302. The molecule has 0 saturated carbocycles. The summed E-state index contributed by atoms with van der Waals surface area (Å²) in [6.45, 7) is 0. The molecule has 20 aromatic rings. The second-order valence-electron chi connectivity index (χ2n) is 30.6. The topological polar surface area (TPSA) is 239 Å². The Morgan fingerprint density at radius 3 is 1.17 bits per heavy atom. The summed E-state index contributed by atoms with van der Waals surface area (Å²) < 4.78 is 17.0. The Bertz CT molecular complexity index is 7250. The molecule has 3 amide bonds. The molecule has 18 nitrogen and oxygen atoms in total. The third-order valence-electron chi connectivity index (χ3n) is 20.6. The first-order chi connectivity index (χ1) is 69.6. The molecule has 0 unspecified atom stereocenters. The number of nitriles is 1. The SMILES string of the molecule is C(=N\N=C\c1ccccc1)/c1ccccc1.C(=Nc1ccccc1)c1ccccc1.N#C/C(=C\c1ccccc1)c1ccccc1.O=C(/C=C\Nc1ccccc1)c1ccccc1.O=C(N/N=C/c1ccccc1)c1ccccc1.O=C1c2ccccc2C(=O)N1c1ccccc1.c1ccc(-c2nc3ccccc3o2)cc1.c1ccc(B2Oc3ccccc3O2)cc1.c1ccc2nc3ccccc3nc2c1. The predicted octanol–water partition coefficient (Wildman–Crippen LogP) is 26.9. The molecule has 4 heterocycles. The van der Waals surface area contributed by atoms with Gasteiger partial charge in [0.25, 0.3) is 17.7 Å². The van der Waals surface area contributed by atoms with E-state index in [0.29, 0.717) is 39.4 Å². The van der Waals surface area contributed by atoms with Gasteiger partial charge in [-0.05, 0) is 161 Å². The van der Waals surface area contributed by atoms with Crippen LogP contribution in [0, 0.1) is 11.3 Å². The Labute approximate surface area is 819 Å². The minimum Gasteiger partial charge on any atom is -0.519 e. The number of hydrogen-bond donors (Lipinski definition) is 2. The number of oxazole rings is 1. The molecule has 0 bridgehead atoms. The quantitative estimate of drug-likeness (QED) is 0.00996. The summed E-state index contributed by atoms with van der Waals surface area (Å²) >= 11 is 0. The van der Waals surface area contributed by atoms with Gasteiger partial charge in [0.05, 0.1) is 74.9 Å². The predicted molar refractivity (Wildman–Crippen MR) is 573 cm³/mol. The minimum absolute atomic E-state index is 0.00553. The highest BCUT2D eigenvalue weighted by molar-refractivity contribution is 6.63. The molecule has 2 aliphatic rings. The summed E-state index contributed by atoms with van der Waals surface area (Å²) in [5, 5.41) is 24.0. The van der Waals surface area contributed by atoms with Gasteiger partial charge in [0.15, 0.2) is 11.4 Å². The minimum atomic E-state index is -0.302. The van der Waals surface area contributed by atoms with Crippen molar-refractivity contribution in [2.24, 2.45) is 20.3 Å². The fourth-order valence-electron chi connectivity index (χ4n) is 13.6. The number of imide groups is 1. The lowest BCUT2D eigenvalue weighted by atomic mass is 9.79. The highest BCUT2D eigenvalue weighted by Gasteiger charge is 2.36. The van der Waals surface area contributed by atoms with E-state index in [1.165, 1.54) is 11.0 Å². The van der Waals surface area contributed by atoms with E-state index in [9.17, 15) is 19.2 Å². The van der Waals surface area contributed by atoms with Crippen LogP contribution in [-0.2, 0) is 0 Å². The largest absolute Gasteiger partial charge is 0.632 e. The molecule has 2 aliphatic heterocycles. The number of rotatable bonds is 17. The maximum Gasteiger partial charge on any atom is 0.632 e. The lowest BCUT2D eigenvalue weighted by Crippen LogP contribution is -2.38. The molecule has 141 heavy (non-hydrogen) atoms. The van der Waals surface area contributed by atoms with Crippen LogP contribution < -0.4 is 30.4 Å². The Kier molecular flexibility index (Phi) is 37.3. The van der Waals surface area contributed by atoms with Crippen LogP contribution in [0.3, 0.4) is 0 Å². The number of carbonyl (C=O) groups excluding carboxylic acids is 4. The van der Waals surface area contributed by atoms with Gasteiger partial charge in [-0.2, -0.15) is 20.6 Å². The number of aliphatic imine (C=N–C) groups is 1. The lowest BCUT2D eigenvalue weighted by Gasteiger charge is -2.13. The molecule has 0 fully saturated rings. The standard InChI is InChI=1S/C15H13NO.C15H11N.C14H12N2O.C14H12N2.C14H9NO2.C13H9NO.C13H11N.C12H9BO2.C12H8N2/c17-15(13-7-3-1-4-8-13)11-12-16-14-9-5-2-6-10-14;16-12-15(14-9-5-2-6-10-14)11-13-7-3-1-4-8-13;17-14(13-9-5-2-6-10-13)16-15-11-12-7-3-1-4-8-12;1-3-7-13(8-4-1)11-15-16-12-14-9-5-2-6-10-14;16-13-11-8-4-5-9-12(11)14(17)15(13)10-6-2-1-3-7-10;1-2-6-10(7-3-1)13-14-11-8-4-5-9-12(11)15-13;1-3-7-12(8-4-1)11-14-13-9-5-2-6-10-13;1-2-6-10(7-3-1)13-14-11-8-4-5-9-12(11)15-13;1-2-6-10-9(5-1)13-11-7-3-4-8-12(11)14-10/h1-12,16H;1-11H;1-11H,(H,16,17);1-12H;1-9H;1-9H;1-11H;1-9H;1-8H/b12-11-;2*15-11+;15-11+,16-12+;;;;;. The highest BCUT2D eigenvalue weighted by atomic mass is 16.6. The van der Waals surface area contributed by atoms with Gasteiger partial charge in [0.2, 0.25) is 5.89 Å². The number of hydrazone groups is 1. The summed E-state index contributed by atoms with van der Waals surface area (Å²) in [4.78, 5) is 66.6. The van der Waals surface area contributed by atoms with Crippen molar-refractivity contribution in [1.29, 1.82) is 5.26 Å². The second kappa shape index (κ2) is 54.0. The Hall–Kier alpha value is -19.6. The fraction of sp³-hybridized carbons (Fsp3) is 0. The first-order valence-electron chi connectivity index (χ1n) is 45.2. The Morgan fingerprint density at radius 2 is 0.709 bits per heavy atom. The normalized spacial score (nSPS) is 11.3. The Balaban J connectivity index is 0.000000126. The van der Waals surface area contributed by atoms with Crippen LogP contribution in [-0.4, -0.2) is 70.4 Å². The number of ketones is 1. The summed E-state index contributed by atoms with van der Waals surface area (Å²) in [6, 6.07) is 166. The summed E-state index contributed by atoms with van der Waals surface area (Å²) in [5.74, 6) is 1.58. The van der Waals surface area contributed by atoms with Crippen molar-refractivity contribution in [1.82, 2.24) is 20.4 Å². The van der Waals surface area contributed by atoms with Crippen molar-refractivity contribution in [3.8, 4) is 29.0 Å². The highest BCUT2D eigenvalue weighted by Crippen LogP contribution is 2.33. The number of fused-ring (bicyclic) bond motifs is 5. The lowest BCUT2D eigenvalue weighted by molar-refractivity contribution is 0.0921. The van der Waals surface area contributed by atoms with E-state index in [0.717, 1.165) is 100 Å². The van der Waals surface area contributed by atoms with Crippen LogP contribution >= 0.6 is 0 Å². The Morgan fingerprint density at radius 1 is 0.348 bits per heavy atom. The van der Waals surface area contributed by atoms with E-state index in [-0.39, 0.29) is 30.6 Å². The van der Waals surface area contributed by atoms with Gasteiger partial charge in [0, 0.05) is 46.3 Å². The number of hydrogen-bond acceptors (Lipinski definition) is 16. The second-order valence-corrected chi connectivity index (χ2v) is 30.6. The van der Waals surface area contributed by atoms with Gasteiger partial charge < -0.3 is 19.0 Å². The first kappa shape index (κ1) is 97.4. The molecule has 2 N–H and O–H groups in total. The third-order valence-corrected chi connectivity index (χ3v) is 20.6. The molecule has 19 heteroatoms. The molecule has 0 radical (unpaired) electrons. The van der Waals surface area contributed by atoms with Gasteiger partial charge in [0.1, 0.15) is 17.0 Å². The molecule has 0 spiro atoms. The summed E-state index contributed by atoms with van der Waals surface area (Å²) in [5.41, 5.74) is 21.7. The molecule has 682 valence electrons. The van der Waals surface area contributed by atoms with E-state index >= 15 is 0 Å². The van der Waals surface area contributed by atoms with Crippen LogP contribution in [0.1, 0.15) is 74.8 Å². The van der Waals surface area contributed by atoms with Crippen molar-refractivity contribution in [2.45, 2.75) is 0 Å². The summed E-state index contributed by atoms with van der Waals surface area (Å²) in [6.07, 6.45) is 12.0. The molecule has 2 aromatic heterocycles. The number of nitrogens with one attached hydrogen (secondary N) is 2. The maximum atomic E-state index is 12.1. The van der Waals surface area contributed by atoms with Crippen LogP contribution in [0.15, 0.2) is 553 Å². The van der Waals surface area contributed by atoms with Gasteiger partial charge in [-0.3, -0.25) is 24.2 Å². The maximum absolute atomic E-state index is 12.1. The zero-order chi connectivity index (χ0) is 97.1. The molecule has 18 aromatic carbocycles. The monoisotopic (exact) mass is 1840 g/mol. The third kappa shape index (κ3) is 31.0. The van der Waals surface area contributed by atoms with Crippen LogP contribution in [0.4, 0.5) is 17.1 Å². The van der Waals surface area contributed by atoms with E-state index in [2.05, 4.69) is 52.1 Å². The molecule has 0 saturated heterocycles. The van der Waals surface area contributed by atoms with Crippen LogP contribution in [0.2, 0.25) is 0 Å². The zero-order valence-corrected chi connectivity index (χ0v) is 76.6. The van der Waals surface area contributed by atoms with E-state index < -0.39 is 0 Å². The van der Waals surface area contributed by atoms with E-state index in [1.807, 2.05) is 455 Å². The number of amides is 3. The van der Waals surface area contributed by atoms with Crippen LogP contribution in [0.5, 0.6) is 11.5 Å². The fourth-order valence-corrected chi connectivity index (χ4v) is 13.6. The van der Waals surface area contributed by atoms with Gasteiger partial charge in [-0.25, -0.2) is 25.3 Å². The van der Waals surface area contributed by atoms with Crippen molar-refractivity contribution in [2.75, 3.05) is 10.2 Å². The average Bonchev–Trinajstić information content (AvgIpc) is 1.62. The molecular weight excluding hydrogens is 1740 g/mol. The van der Waals surface area contributed by atoms with Crippen molar-refractivity contribution in [3.05, 3.63) is 584 Å². The van der Waals surface area contributed by atoms with Crippen molar-refractivity contribution < 1.29 is 32.9 Å². The number of anilines is 2. The number of aromatic nitrogens is 3. The molecule has 22 rings (SSSR count). The first-order valence-corrected chi connectivity index (χ1v) is 45.2.